The van der Waals surface area contributed by atoms with Crippen molar-refractivity contribution in [3.8, 4) is 0 Å². The van der Waals surface area contributed by atoms with Crippen molar-refractivity contribution >= 4 is 11.9 Å². The standard InChI is InChI=1S/C16H27NO4/c1-3-21-16(19)10-12-17(15(18)13-20-2)11-9-14-7-5-4-6-8-14/h7H,3-6,8-13H2,1-2H3. The average molecular weight is 297 g/mol. The van der Waals surface area contributed by atoms with Crippen LogP contribution in [0.3, 0.4) is 0 Å². The Hall–Kier alpha value is -1.36. The highest BCUT2D eigenvalue weighted by Crippen LogP contribution is 2.20. The largest absolute Gasteiger partial charge is 0.466 e. The van der Waals surface area contributed by atoms with Crippen LogP contribution in [0.15, 0.2) is 11.6 Å². The lowest BCUT2D eigenvalue weighted by atomic mass is 9.97. The molecular weight excluding hydrogens is 270 g/mol. The number of hydrogen-bond acceptors (Lipinski definition) is 4. The molecule has 0 spiro atoms. The lowest BCUT2D eigenvalue weighted by Gasteiger charge is -2.23. The first-order valence-electron chi connectivity index (χ1n) is 7.77. The Kier molecular flexibility index (Phi) is 8.74. The first-order valence-corrected chi connectivity index (χ1v) is 7.77. The van der Waals surface area contributed by atoms with E-state index in [0.717, 1.165) is 19.3 Å². The molecule has 0 fully saturated rings. The second-order valence-electron chi connectivity index (χ2n) is 5.23. The van der Waals surface area contributed by atoms with E-state index < -0.39 is 0 Å². The van der Waals surface area contributed by atoms with E-state index in [2.05, 4.69) is 6.08 Å². The van der Waals surface area contributed by atoms with Gasteiger partial charge in [-0.3, -0.25) is 9.59 Å². The number of esters is 1. The van der Waals surface area contributed by atoms with Crippen LogP contribution in [0.5, 0.6) is 0 Å². The lowest BCUT2D eigenvalue weighted by Crippen LogP contribution is -2.36. The van der Waals surface area contributed by atoms with Crippen molar-refractivity contribution in [2.24, 2.45) is 0 Å². The summed E-state index contributed by atoms with van der Waals surface area (Å²) in [5.74, 6) is -0.331. The Morgan fingerprint density at radius 1 is 1.29 bits per heavy atom. The fourth-order valence-corrected chi connectivity index (χ4v) is 2.45. The van der Waals surface area contributed by atoms with E-state index in [9.17, 15) is 9.59 Å². The Balaban J connectivity index is 2.45. The minimum Gasteiger partial charge on any atom is -0.466 e. The van der Waals surface area contributed by atoms with Crippen molar-refractivity contribution in [3.63, 3.8) is 0 Å². The van der Waals surface area contributed by atoms with Gasteiger partial charge in [-0.25, -0.2) is 0 Å². The van der Waals surface area contributed by atoms with Gasteiger partial charge in [-0.2, -0.15) is 0 Å². The number of allylic oxidation sites excluding steroid dienone is 1. The molecule has 0 saturated heterocycles. The molecule has 1 rings (SSSR count). The van der Waals surface area contributed by atoms with Crippen LogP contribution in [0.4, 0.5) is 0 Å². The summed E-state index contributed by atoms with van der Waals surface area (Å²) in [5, 5.41) is 0. The minimum absolute atomic E-state index is 0.0574. The van der Waals surface area contributed by atoms with Crippen LogP contribution >= 0.6 is 0 Å². The molecule has 0 aliphatic heterocycles. The van der Waals surface area contributed by atoms with Crippen molar-refractivity contribution < 1.29 is 19.1 Å². The summed E-state index contributed by atoms with van der Waals surface area (Å²) in [6, 6.07) is 0. The van der Waals surface area contributed by atoms with Crippen LogP contribution in [-0.2, 0) is 19.1 Å². The van der Waals surface area contributed by atoms with Gasteiger partial charge >= 0.3 is 5.97 Å². The van der Waals surface area contributed by atoms with E-state index >= 15 is 0 Å². The van der Waals surface area contributed by atoms with Gasteiger partial charge in [-0.1, -0.05) is 11.6 Å². The maximum atomic E-state index is 12.0. The summed E-state index contributed by atoms with van der Waals surface area (Å²) in [4.78, 5) is 25.2. The van der Waals surface area contributed by atoms with E-state index in [1.807, 2.05) is 0 Å². The summed E-state index contributed by atoms with van der Waals surface area (Å²) in [7, 11) is 1.51. The van der Waals surface area contributed by atoms with Gasteiger partial charge in [0.2, 0.25) is 5.91 Å². The summed E-state index contributed by atoms with van der Waals surface area (Å²) in [6.45, 7) is 3.25. The zero-order chi connectivity index (χ0) is 15.5. The average Bonchev–Trinajstić information content (AvgIpc) is 2.48. The van der Waals surface area contributed by atoms with Gasteiger partial charge in [-0.15, -0.1) is 0 Å². The van der Waals surface area contributed by atoms with Crippen LogP contribution in [0.25, 0.3) is 0 Å². The number of rotatable bonds is 9. The number of carbonyl (C=O) groups excluding carboxylic acids is 2. The Labute approximate surface area is 127 Å². The zero-order valence-electron chi connectivity index (χ0n) is 13.2. The molecule has 0 aromatic carbocycles. The Morgan fingerprint density at radius 2 is 2.10 bits per heavy atom. The molecule has 0 N–H and O–H groups in total. The highest BCUT2D eigenvalue weighted by Gasteiger charge is 2.16. The van der Waals surface area contributed by atoms with E-state index in [1.54, 1.807) is 11.8 Å². The second-order valence-corrected chi connectivity index (χ2v) is 5.23. The minimum atomic E-state index is -0.260. The van der Waals surface area contributed by atoms with Gasteiger partial charge in [0.1, 0.15) is 6.61 Å². The number of hydrogen-bond donors (Lipinski definition) is 0. The summed E-state index contributed by atoms with van der Waals surface area (Å²) < 4.78 is 9.82. The Morgan fingerprint density at radius 3 is 2.71 bits per heavy atom. The van der Waals surface area contributed by atoms with Gasteiger partial charge in [-0.05, 0) is 39.0 Å². The molecule has 1 aliphatic carbocycles. The monoisotopic (exact) mass is 297 g/mol. The molecule has 0 saturated carbocycles. The zero-order valence-corrected chi connectivity index (χ0v) is 13.2. The molecule has 120 valence electrons. The van der Waals surface area contributed by atoms with Crippen LogP contribution in [0, 0.1) is 0 Å². The van der Waals surface area contributed by atoms with E-state index in [1.165, 1.54) is 25.5 Å². The smallest absolute Gasteiger partial charge is 0.307 e. The van der Waals surface area contributed by atoms with Crippen molar-refractivity contribution in [1.29, 1.82) is 0 Å². The molecule has 0 aromatic rings. The third-order valence-electron chi connectivity index (χ3n) is 3.60. The SMILES string of the molecule is CCOC(=O)CCN(CCC1=CCCCC1)C(=O)COC. The maximum Gasteiger partial charge on any atom is 0.307 e. The maximum absolute atomic E-state index is 12.0. The molecule has 0 radical (unpaired) electrons. The lowest BCUT2D eigenvalue weighted by molar-refractivity contribution is -0.144. The quantitative estimate of drug-likeness (QED) is 0.484. The molecule has 1 aliphatic rings. The van der Waals surface area contributed by atoms with E-state index in [0.29, 0.717) is 19.7 Å². The topological polar surface area (TPSA) is 55.8 Å². The molecule has 0 unspecified atom stereocenters. The summed E-state index contributed by atoms with van der Waals surface area (Å²) in [5.41, 5.74) is 1.42. The van der Waals surface area contributed by atoms with Crippen molar-refractivity contribution in [3.05, 3.63) is 11.6 Å². The fraction of sp³-hybridized carbons (Fsp3) is 0.750. The third-order valence-corrected chi connectivity index (χ3v) is 3.60. The number of methoxy groups -OCH3 is 1. The highest BCUT2D eigenvalue weighted by molar-refractivity contribution is 5.78. The molecule has 0 aromatic heterocycles. The van der Waals surface area contributed by atoms with Crippen LogP contribution in [0.2, 0.25) is 0 Å². The molecule has 5 nitrogen and oxygen atoms in total. The van der Waals surface area contributed by atoms with Crippen molar-refractivity contribution in [2.45, 2.75) is 45.4 Å². The number of ether oxygens (including phenoxy) is 2. The van der Waals surface area contributed by atoms with Gasteiger partial charge in [0.25, 0.3) is 0 Å². The number of carbonyl (C=O) groups is 2. The third kappa shape index (κ3) is 7.27. The molecule has 5 heteroatoms. The highest BCUT2D eigenvalue weighted by atomic mass is 16.5. The summed E-state index contributed by atoms with van der Waals surface area (Å²) >= 11 is 0. The number of nitrogens with zero attached hydrogens (tertiary/aromatic N) is 1. The molecule has 1 amide bonds. The normalized spacial score (nSPS) is 14.5. The first kappa shape index (κ1) is 17.7. The fourth-order valence-electron chi connectivity index (χ4n) is 2.45. The van der Waals surface area contributed by atoms with Gasteiger partial charge in [0.15, 0.2) is 0 Å². The Bertz CT molecular complexity index is 365. The second kappa shape index (κ2) is 10.4. The van der Waals surface area contributed by atoms with Crippen molar-refractivity contribution in [2.75, 3.05) is 33.4 Å². The van der Waals surface area contributed by atoms with Crippen LogP contribution < -0.4 is 0 Å². The predicted octanol–water partition coefficient (Wildman–Crippen LogP) is 2.31. The molecule has 21 heavy (non-hydrogen) atoms. The van der Waals surface area contributed by atoms with Crippen molar-refractivity contribution in [1.82, 2.24) is 4.90 Å². The first-order chi connectivity index (χ1) is 10.2. The van der Waals surface area contributed by atoms with Crippen LogP contribution in [0.1, 0.15) is 45.4 Å². The van der Waals surface area contributed by atoms with Crippen LogP contribution in [-0.4, -0.2) is 50.2 Å². The van der Waals surface area contributed by atoms with E-state index in [-0.39, 0.29) is 24.9 Å². The summed E-state index contributed by atoms with van der Waals surface area (Å²) in [6.07, 6.45) is 8.18. The van der Waals surface area contributed by atoms with Gasteiger partial charge < -0.3 is 14.4 Å². The van der Waals surface area contributed by atoms with E-state index in [4.69, 9.17) is 9.47 Å². The van der Waals surface area contributed by atoms with Gasteiger partial charge in [0.05, 0.1) is 13.0 Å². The molecule has 0 bridgehead atoms. The molecular formula is C16H27NO4. The predicted molar refractivity (Wildman–Crippen MR) is 80.9 cm³/mol. The van der Waals surface area contributed by atoms with Gasteiger partial charge in [0, 0.05) is 20.2 Å². The molecule has 0 atom stereocenters. The number of amides is 1. The molecule has 0 heterocycles.